The van der Waals surface area contributed by atoms with Crippen molar-refractivity contribution in [3.8, 4) is 11.6 Å². The van der Waals surface area contributed by atoms with Crippen molar-refractivity contribution in [2.75, 3.05) is 13.1 Å². The Balaban J connectivity index is 1.61. The molecule has 1 saturated heterocycles. The van der Waals surface area contributed by atoms with E-state index in [-0.39, 0.29) is 18.1 Å². The van der Waals surface area contributed by atoms with E-state index in [4.69, 9.17) is 9.47 Å². The lowest BCUT2D eigenvalue weighted by molar-refractivity contribution is 0.0525. The zero-order chi connectivity index (χ0) is 17.6. The van der Waals surface area contributed by atoms with Crippen molar-refractivity contribution in [1.82, 2.24) is 15.1 Å². The monoisotopic (exact) mass is 341 g/mol. The van der Waals surface area contributed by atoms with E-state index >= 15 is 0 Å². The second-order valence-electron chi connectivity index (χ2n) is 6.39. The van der Waals surface area contributed by atoms with Gasteiger partial charge in [-0.2, -0.15) is 5.10 Å². The zero-order valence-electron chi connectivity index (χ0n) is 14.6. The molecule has 1 amide bonds. The summed E-state index contributed by atoms with van der Waals surface area (Å²) in [4.78, 5) is 14.6. The third-order valence-electron chi connectivity index (χ3n) is 3.97. The molecule has 1 aliphatic heterocycles. The number of likely N-dealkylation sites (tertiary alicyclic amines) is 1. The first-order valence-corrected chi connectivity index (χ1v) is 8.62. The van der Waals surface area contributed by atoms with E-state index in [0.29, 0.717) is 18.0 Å². The lowest BCUT2D eigenvalue weighted by Gasteiger charge is -2.32. The molecule has 1 unspecified atom stereocenters. The van der Waals surface area contributed by atoms with Crippen molar-refractivity contribution < 1.29 is 14.3 Å². The SMILES string of the molecule is CC(C)Oc1ccc(C(=O)N2CCCC(Oc3cccnn3)C2)cc1. The molecular formula is C19H23N3O3. The smallest absolute Gasteiger partial charge is 0.253 e. The van der Waals surface area contributed by atoms with E-state index in [1.807, 2.05) is 43.0 Å². The summed E-state index contributed by atoms with van der Waals surface area (Å²) in [7, 11) is 0. The Morgan fingerprint density at radius 3 is 2.72 bits per heavy atom. The van der Waals surface area contributed by atoms with Crippen LogP contribution >= 0.6 is 0 Å². The Morgan fingerprint density at radius 2 is 2.04 bits per heavy atom. The van der Waals surface area contributed by atoms with Crippen molar-refractivity contribution in [1.29, 1.82) is 0 Å². The van der Waals surface area contributed by atoms with Gasteiger partial charge in [0.2, 0.25) is 5.88 Å². The first kappa shape index (κ1) is 17.2. The van der Waals surface area contributed by atoms with Crippen LogP contribution < -0.4 is 9.47 Å². The number of benzene rings is 1. The molecule has 1 fully saturated rings. The number of rotatable bonds is 5. The minimum absolute atomic E-state index is 0.0172. The van der Waals surface area contributed by atoms with Gasteiger partial charge in [0.1, 0.15) is 11.9 Å². The van der Waals surface area contributed by atoms with Crippen LogP contribution in [0.5, 0.6) is 11.6 Å². The number of piperidine rings is 1. The third kappa shape index (κ3) is 4.68. The maximum atomic E-state index is 12.7. The second-order valence-corrected chi connectivity index (χ2v) is 6.39. The van der Waals surface area contributed by atoms with Gasteiger partial charge in [0.25, 0.3) is 5.91 Å². The van der Waals surface area contributed by atoms with Gasteiger partial charge in [0, 0.05) is 24.4 Å². The molecule has 1 aliphatic rings. The maximum Gasteiger partial charge on any atom is 0.253 e. The summed E-state index contributed by atoms with van der Waals surface area (Å²) in [6, 6.07) is 10.9. The Bertz CT molecular complexity index is 689. The topological polar surface area (TPSA) is 64.5 Å². The van der Waals surface area contributed by atoms with Gasteiger partial charge in [-0.05, 0) is 57.0 Å². The summed E-state index contributed by atoms with van der Waals surface area (Å²) in [6.07, 6.45) is 3.48. The van der Waals surface area contributed by atoms with Gasteiger partial charge in [0.05, 0.1) is 12.6 Å². The predicted molar refractivity (Wildman–Crippen MR) is 93.8 cm³/mol. The highest BCUT2D eigenvalue weighted by Gasteiger charge is 2.26. The Kier molecular flexibility index (Phi) is 5.48. The fraction of sp³-hybridized carbons (Fsp3) is 0.421. The Hall–Kier alpha value is -2.63. The van der Waals surface area contributed by atoms with E-state index in [0.717, 1.165) is 25.1 Å². The normalized spacial score (nSPS) is 17.4. The average molecular weight is 341 g/mol. The van der Waals surface area contributed by atoms with Gasteiger partial charge in [-0.1, -0.05) is 0 Å². The third-order valence-corrected chi connectivity index (χ3v) is 3.97. The van der Waals surface area contributed by atoms with Crippen LogP contribution in [-0.2, 0) is 0 Å². The van der Waals surface area contributed by atoms with E-state index < -0.39 is 0 Å². The molecule has 1 atom stereocenters. The van der Waals surface area contributed by atoms with Crippen molar-refractivity contribution in [2.45, 2.75) is 38.9 Å². The van der Waals surface area contributed by atoms with Gasteiger partial charge in [-0.3, -0.25) is 4.79 Å². The number of amides is 1. The standard InChI is InChI=1S/C19H23N3O3/c1-14(2)24-16-9-7-15(8-10-16)19(23)22-12-4-5-17(13-22)25-18-6-3-11-20-21-18/h3,6-11,14,17H,4-5,12-13H2,1-2H3. The predicted octanol–water partition coefficient (Wildman–Crippen LogP) is 2.95. The van der Waals surface area contributed by atoms with Crippen molar-refractivity contribution in [3.63, 3.8) is 0 Å². The van der Waals surface area contributed by atoms with Crippen molar-refractivity contribution >= 4 is 5.91 Å². The quantitative estimate of drug-likeness (QED) is 0.836. The van der Waals surface area contributed by atoms with E-state index in [1.54, 1.807) is 18.3 Å². The van der Waals surface area contributed by atoms with Gasteiger partial charge in [-0.25, -0.2) is 0 Å². The van der Waals surface area contributed by atoms with Crippen LogP contribution in [-0.4, -0.2) is 46.3 Å². The fourth-order valence-electron chi connectivity index (χ4n) is 2.87. The molecule has 6 heteroatoms. The molecule has 2 aromatic rings. The minimum Gasteiger partial charge on any atom is -0.491 e. The minimum atomic E-state index is -0.0575. The number of carbonyl (C=O) groups is 1. The van der Waals surface area contributed by atoms with E-state index in [2.05, 4.69) is 10.2 Å². The van der Waals surface area contributed by atoms with Crippen LogP contribution in [0.25, 0.3) is 0 Å². The van der Waals surface area contributed by atoms with Crippen LogP contribution in [0.2, 0.25) is 0 Å². The largest absolute Gasteiger partial charge is 0.491 e. The summed E-state index contributed by atoms with van der Waals surface area (Å²) < 4.78 is 11.5. The number of hydrogen-bond acceptors (Lipinski definition) is 5. The maximum absolute atomic E-state index is 12.7. The number of nitrogens with zero attached hydrogens (tertiary/aromatic N) is 3. The molecule has 0 N–H and O–H groups in total. The van der Waals surface area contributed by atoms with E-state index in [1.165, 1.54) is 0 Å². The van der Waals surface area contributed by atoms with Crippen LogP contribution in [0.1, 0.15) is 37.0 Å². The molecule has 132 valence electrons. The second kappa shape index (κ2) is 7.96. The van der Waals surface area contributed by atoms with Gasteiger partial charge < -0.3 is 14.4 Å². The molecule has 25 heavy (non-hydrogen) atoms. The lowest BCUT2D eigenvalue weighted by Crippen LogP contribution is -2.44. The van der Waals surface area contributed by atoms with Gasteiger partial charge >= 0.3 is 0 Å². The van der Waals surface area contributed by atoms with Crippen LogP contribution in [0.3, 0.4) is 0 Å². The molecule has 0 aliphatic carbocycles. The molecule has 0 saturated carbocycles. The summed E-state index contributed by atoms with van der Waals surface area (Å²) in [5, 5.41) is 7.76. The number of hydrogen-bond donors (Lipinski definition) is 0. The number of carbonyl (C=O) groups excluding carboxylic acids is 1. The molecule has 0 bridgehead atoms. The fourth-order valence-corrected chi connectivity index (χ4v) is 2.87. The van der Waals surface area contributed by atoms with Gasteiger partial charge in [0.15, 0.2) is 0 Å². The number of ether oxygens (including phenoxy) is 2. The summed E-state index contributed by atoms with van der Waals surface area (Å²) in [6.45, 7) is 5.25. The first-order valence-electron chi connectivity index (χ1n) is 8.62. The zero-order valence-corrected chi connectivity index (χ0v) is 14.6. The molecule has 3 rings (SSSR count). The Morgan fingerprint density at radius 1 is 1.24 bits per heavy atom. The average Bonchev–Trinajstić information content (AvgIpc) is 2.62. The van der Waals surface area contributed by atoms with Crippen molar-refractivity contribution in [3.05, 3.63) is 48.2 Å². The molecule has 0 spiro atoms. The molecule has 2 heterocycles. The van der Waals surface area contributed by atoms with Gasteiger partial charge in [-0.15, -0.1) is 5.10 Å². The highest BCUT2D eigenvalue weighted by atomic mass is 16.5. The molecule has 6 nitrogen and oxygen atoms in total. The molecule has 1 aromatic carbocycles. The highest BCUT2D eigenvalue weighted by molar-refractivity contribution is 5.94. The molecule has 1 aromatic heterocycles. The van der Waals surface area contributed by atoms with Crippen LogP contribution in [0, 0.1) is 0 Å². The molecule has 0 radical (unpaired) electrons. The lowest BCUT2D eigenvalue weighted by atomic mass is 10.1. The summed E-state index contributed by atoms with van der Waals surface area (Å²) in [5.74, 6) is 1.29. The summed E-state index contributed by atoms with van der Waals surface area (Å²) in [5.41, 5.74) is 0.663. The molecular weight excluding hydrogens is 318 g/mol. The van der Waals surface area contributed by atoms with E-state index in [9.17, 15) is 4.79 Å². The van der Waals surface area contributed by atoms with Crippen molar-refractivity contribution in [2.24, 2.45) is 0 Å². The Labute approximate surface area is 147 Å². The van der Waals surface area contributed by atoms with Crippen LogP contribution in [0.4, 0.5) is 0 Å². The first-order chi connectivity index (χ1) is 12.1. The van der Waals surface area contributed by atoms with Crippen LogP contribution in [0.15, 0.2) is 42.6 Å². The highest BCUT2D eigenvalue weighted by Crippen LogP contribution is 2.20. The number of aromatic nitrogens is 2. The summed E-state index contributed by atoms with van der Waals surface area (Å²) >= 11 is 0.